The summed E-state index contributed by atoms with van der Waals surface area (Å²) in [4.78, 5) is 26.7. The maximum Gasteiger partial charge on any atom is 0.408 e. The largest absolute Gasteiger partial charge is 0.408 e. The minimum absolute atomic E-state index is 0.267. The molecule has 3 aromatic rings. The van der Waals surface area contributed by atoms with Crippen molar-refractivity contribution >= 4 is 23.2 Å². The van der Waals surface area contributed by atoms with Crippen molar-refractivity contribution in [2.45, 2.75) is 12.7 Å². The molecule has 0 spiro atoms. The number of nitrogens with one attached hydrogen (secondary N) is 1. The van der Waals surface area contributed by atoms with Gasteiger partial charge in [0, 0.05) is 12.7 Å². The van der Waals surface area contributed by atoms with Crippen LogP contribution in [0, 0.1) is 0 Å². The van der Waals surface area contributed by atoms with Crippen LogP contribution in [0.2, 0.25) is 0 Å². The van der Waals surface area contributed by atoms with Crippen LogP contribution in [0.15, 0.2) is 55.0 Å². The molecule has 11 heteroatoms. The molecule has 3 rings (SSSR count). The summed E-state index contributed by atoms with van der Waals surface area (Å²) in [5.41, 5.74) is -0.0580. The molecule has 0 saturated heterocycles. The lowest BCUT2D eigenvalue weighted by atomic mass is 10.2. The third-order valence-electron chi connectivity index (χ3n) is 3.91. The van der Waals surface area contributed by atoms with Gasteiger partial charge in [-0.25, -0.2) is 4.68 Å². The van der Waals surface area contributed by atoms with Gasteiger partial charge in [0.2, 0.25) is 0 Å². The van der Waals surface area contributed by atoms with Crippen molar-refractivity contribution in [3.8, 4) is 0 Å². The van der Waals surface area contributed by atoms with E-state index in [2.05, 4.69) is 20.6 Å². The number of para-hydroxylation sites is 1. The van der Waals surface area contributed by atoms with Gasteiger partial charge < -0.3 is 10.2 Å². The highest BCUT2D eigenvalue weighted by atomic mass is 19.4. The van der Waals surface area contributed by atoms with Gasteiger partial charge in [-0.1, -0.05) is 18.2 Å². The number of rotatable bonds is 5. The quantitative estimate of drug-likeness (QED) is 0.706. The van der Waals surface area contributed by atoms with E-state index in [1.165, 1.54) is 25.5 Å². The predicted molar refractivity (Wildman–Crippen MR) is 97.4 cm³/mol. The molecule has 0 atom stereocenters. The zero-order valence-corrected chi connectivity index (χ0v) is 15.1. The van der Waals surface area contributed by atoms with Crippen molar-refractivity contribution in [3.63, 3.8) is 0 Å². The lowest BCUT2D eigenvalue weighted by Gasteiger charge is -2.19. The van der Waals surface area contributed by atoms with E-state index in [0.717, 1.165) is 11.1 Å². The van der Waals surface area contributed by atoms with Gasteiger partial charge in [0.1, 0.15) is 12.2 Å². The number of hydrogen-bond acceptors (Lipinski definition) is 5. The van der Waals surface area contributed by atoms with E-state index in [1.807, 2.05) is 0 Å². The number of hydrogen-bond donors (Lipinski definition) is 1. The minimum atomic E-state index is -4.63. The summed E-state index contributed by atoms with van der Waals surface area (Å²) in [5, 5.41) is 13.3. The molecule has 0 saturated carbocycles. The summed E-state index contributed by atoms with van der Waals surface area (Å²) in [6.07, 6.45) is -1.11. The highest BCUT2D eigenvalue weighted by Gasteiger charge is 2.34. The molecule has 29 heavy (non-hydrogen) atoms. The van der Waals surface area contributed by atoms with E-state index in [9.17, 15) is 22.8 Å². The molecule has 0 radical (unpaired) electrons. The second kappa shape index (κ2) is 8.09. The van der Waals surface area contributed by atoms with Gasteiger partial charge in [-0.3, -0.25) is 9.59 Å². The molecule has 0 bridgehead atoms. The first kappa shape index (κ1) is 20.0. The summed E-state index contributed by atoms with van der Waals surface area (Å²) in [6, 6.07) is 9.77. The standard InChI is InChI=1S/C18H15F3N6O2/c1-26(13-5-3-2-4-6-13)17(29)15-14(10-24-27(15)11-18(19,20)21)16(28)25-12-7-8-22-23-9-12/h2-10H,11H2,1H3,(H,22,25,28). The van der Waals surface area contributed by atoms with Crippen LogP contribution in [0.25, 0.3) is 0 Å². The molecule has 0 aliphatic carbocycles. The number of aromatic nitrogens is 4. The van der Waals surface area contributed by atoms with E-state index in [4.69, 9.17) is 0 Å². The van der Waals surface area contributed by atoms with Gasteiger partial charge in [0.15, 0.2) is 0 Å². The van der Waals surface area contributed by atoms with E-state index >= 15 is 0 Å². The van der Waals surface area contributed by atoms with E-state index in [-0.39, 0.29) is 11.3 Å². The normalized spacial score (nSPS) is 11.2. The molecular weight excluding hydrogens is 389 g/mol. The fourth-order valence-electron chi connectivity index (χ4n) is 2.56. The van der Waals surface area contributed by atoms with Crippen molar-refractivity contribution in [2.75, 3.05) is 17.3 Å². The third-order valence-corrected chi connectivity index (χ3v) is 3.91. The average Bonchev–Trinajstić information content (AvgIpc) is 3.10. The maximum absolute atomic E-state index is 13.0. The molecule has 1 N–H and O–H groups in total. The first-order valence-electron chi connectivity index (χ1n) is 8.30. The van der Waals surface area contributed by atoms with Crippen LogP contribution in [0.5, 0.6) is 0 Å². The van der Waals surface area contributed by atoms with E-state index in [1.54, 1.807) is 30.3 Å². The Morgan fingerprint density at radius 3 is 2.45 bits per heavy atom. The van der Waals surface area contributed by atoms with Gasteiger partial charge >= 0.3 is 6.18 Å². The van der Waals surface area contributed by atoms with Gasteiger partial charge in [-0.15, -0.1) is 0 Å². The molecular formula is C18H15F3N6O2. The van der Waals surface area contributed by atoms with Crippen molar-refractivity contribution in [1.29, 1.82) is 0 Å². The number of carbonyl (C=O) groups excluding carboxylic acids is 2. The highest BCUT2D eigenvalue weighted by molar-refractivity contribution is 6.15. The summed E-state index contributed by atoms with van der Waals surface area (Å²) in [6.45, 7) is -1.51. The Bertz CT molecular complexity index is 1010. The monoisotopic (exact) mass is 404 g/mol. The van der Waals surface area contributed by atoms with Crippen LogP contribution in [0.3, 0.4) is 0 Å². The second-order valence-electron chi connectivity index (χ2n) is 5.96. The summed E-state index contributed by atoms with van der Waals surface area (Å²) >= 11 is 0. The number of benzene rings is 1. The van der Waals surface area contributed by atoms with Crippen LogP contribution in [0.4, 0.5) is 24.5 Å². The molecule has 2 heterocycles. The predicted octanol–water partition coefficient (Wildman–Crippen LogP) is 2.76. The molecule has 0 aliphatic rings. The van der Waals surface area contributed by atoms with Crippen molar-refractivity contribution < 1.29 is 22.8 Å². The summed E-state index contributed by atoms with van der Waals surface area (Å²) in [7, 11) is 1.40. The van der Waals surface area contributed by atoms with E-state index < -0.39 is 30.2 Å². The second-order valence-corrected chi connectivity index (χ2v) is 5.96. The van der Waals surface area contributed by atoms with Crippen molar-refractivity contribution in [2.24, 2.45) is 0 Å². The van der Waals surface area contributed by atoms with E-state index in [0.29, 0.717) is 10.4 Å². The zero-order chi connectivity index (χ0) is 21.0. The molecule has 1 aromatic carbocycles. The number of alkyl halides is 3. The smallest absolute Gasteiger partial charge is 0.320 e. The lowest BCUT2D eigenvalue weighted by Crippen LogP contribution is -2.32. The van der Waals surface area contributed by atoms with Gasteiger partial charge in [0.05, 0.1) is 29.8 Å². The van der Waals surface area contributed by atoms with Gasteiger partial charge in [-0.2, -0.15) is 28.5 Å². The average molecular weight is 404 g/mol. The van der Waals surface area contributed by atoms with Crippen LogP contribution in [-0.2, 0) is 6.54 Å². The molecule has 8 nitrogen and oxygen atoms in total. The lowest BCUT2D eigenvalue weighted by molar-refractivity contribution is -0.142. The Morgan fingerprint density at radius 2 is 1.83 bits per heavy atom. The SMILES string of the molecule is CN(C(=O)c1c(C(=O)Nc2ccnnc2)cnn1CC(F)(F)F)c1ccccc1. The zero-order valence-electron chi connectivity index (χ0n) is 15.1. The van der Waals surface area contributed by atoms with Crippen molar-refractivity contribution in [3.05, 3.63) is 66.2 Å². The number of carbonyl (C=O) groups is 2. The van der Waals surface area contributed by atoms with Crippen LogP contribution in [-0.4, -0.2) is 45.0 Å². The highest BCUT2D eigenvalue weighted by Crippen LogP contribution is 2.23. The number of amides is 2. The van der Waals surface area contributed by atoms with Gasteiger partial charge in [-0.05, 0) is 18.2 Å². The molecule has 0 unspecified atom stereocenters. The first-order valence-corrected chi connectivity index (χ1v) is 8.30. The fourth-order valence-corrected chi connectivity index (χ4v) is 2.56. The molecule has 0 aliphatic heterocycles. The topological polar surface area (TPSA) is 93.0 Å². The fraction of sp³-hybridized carbons (Fsp3) is 0.167. The Hall–Kier alpha value is -3.76. The number of nitrogens with zero attached hydrogens (tertiary/aromatic N) is 5. The van der Waals surface area contributed by atoms with Gasteiger partial charge in [0.25, 0.3) is 11.8 Å². The number of halogens is 3. The Balaban J connectivity index is 1.99. The Labute approximate surface area is 163 Å². The minimum Gasteiger partial charge on any atom is -0.320 e. The third kappa shape index (κ3) is 4.75. The molecule has 150 valence electrons. The first-order chi connectivity index (χ1) is 13.8. The summed E-state index contributed by atoms with van der Waals surface area (Å²) < 4.78 is 39.4. The van der Waals surface area contributed by atoms with Crippen LogP contribution >= 0.6 is 0 Å². The maximum atomic E-state index is 13.0. The molecule has 2 amide bonds. The molecule has 2 aromatic heterocycles. The van der Waals surface area contributed by atoms with Crippen LogP contribution < -0.4 is 10.2 Å². The van der Waals surface area contributed by atoms with Crippen LogP contribution in [0.1, 0.15) is 20.8 Å². The number of anilines is 2. The Morgan fingerprint density at radius 1 is 1.10 bits per heavy atom. The molecule has 0 fully saturated rings. The Kier molecular flexibility index (Phi) is 5.57. The van der Waals surface area contributed by atoms with Crippen molar-refractivity contribution in [1.82, 2.24) is 20.0 Å². The summed E-state index contributed by atoms with van der Waals surface area (Å²) in [5.74, 6) is -1.60.